The van der Waals surface area contributed by atoms with E-state index in [9.17, 15) is 0 Å². The van der Waals surface area contributed by atoms with Crippen LogP contribution in [-0.4, -0.2) is 0 Å². The monoisotopic (exact) mass is 563 g/mol. The second-order valence-corrected chi connectivity index (χ2v) is 10.9. The van der Waals surface area contributed by atoms with E-state index in [4.69, 9.17) is 4.42 Å². The van der Waals surface area contributed by atoms with Gasteiger partial charge >= 0.3 is 0 Å². The van der Waals surface area contributed by atoms with Crippen molar-refractivity contribution in [2.75, 3.05) is 4.90 Å². The molecule has 0 bridgehead atoms. The highest BCUT2D eigenvalue weighted by molar-refractivity contribution is 6.13. The molecule has 0 atom stereocenters. The van der Waals surface area contributed by atoms with Crippen molar-refractivity contribution in [1.82, 2.24) is 0 Å². The average Bonchev–Trinajstić information content (AvgIpc) is 3.49. The maximum Gasteiger partial charge on any atom is 0.145 e. The molecule has 0 aliphatic heterocycles. The van der Waals surface area contributed by atoms with Crippen molar-refractivity contribution < 1.29 is 4.42 Å². The van der Waals surface area contributed by atoms with E-state index in [2.05, 4.69) is 175 Å². The Labute approximate surface area is 257 Å². The summed E-state index contributed by atoms with van der Waals surface area (Å²) in [5.74, 6) is 0. The number of benzene rings is 7. The first-order valence-electron chi connectivity index (χ1n) is 14.9. The summed E-state index contributed by atoms with van der Waals surface area (Å²) in [5.41, 5.74) is 11.9. The molecular formula is C42H29NO. The van der Waals surface area contributed by atoms with E-state index >= 15 is 0 Å². The molecule has 0 spiro atoms. The fourth-order valence-corrected chi connectivity index (χ4v) is 6.22. The van der Waals surface area contributed by atoms with Gasteiger partial charge in [0.25, 0.3) is 0 Å². The van der Waals surface area contributed by atoms with E-state index in [0.29, 0.717) is 0 Å². The van der Waals surface area contributed by atoms with Gasteiger partial charge in [-0.1, -0.05) is 140 Å². The van der Waals surface area contributed by atoms with Crippen LogP contribution in [0.2, 0.25) is 0 Å². The Balaban J connectivity index is 1.42. The Kier molecular flexibility index (Phi) is 6.51. The van der Waals surface area contributed by atoms with Crippen LogP contribution in [-0.2, 0) is 0 Å². The number of fused-ring (bicyclic) bond motifs is 3. The molecule has 0 saturated carbocycles. The van der Waals surface area contributed by atoms with Crippen LogP contribution in [0.4, 0.5) is 17.1 Å². The molecule has 208 valence electrons. The van der Waals surface area contributed by atoms with Crippen LogP contribution in [0.5, 0.6) is 0 Å². The van der Waals surface area contributed by atoms with Crippen LogP contribution >= 0.6 is 0 Å². The number of nitrogens with zero attached hydrogens (tertiary/aromatic N) is 1. The van der Waals surface area contributed by atoms with E-state index in [0.717, 1.165) is 55.7 Å². The Morgan fingerprint density at radius 1 is 0.364 bits per heavy atom. The van der Waals surface area contributed by atoms with Crippen molar-refractivity contribution in [1.29, 1.82) is 0 Å². The third kappa shape index (κ3) is 4.54. The molecular weight excluding hydrogens is 534 g/mol. The predicted molar refractivity (Wildman–Crippen MR) is 185 cm³/mol. The van der Waals surface area contributed by atoms with E-state index in [-0.39, 0.29) is 0 Å². The zero-order valence-corrected chi connectivity index (χ0v) is 24.1. The minimum Gasteiger partial charge on any atom is -0.455 e. The number of para-hydroxylation sites is 2. The van der Waals surface area contributed by atoms with Gasteiger partial charge in [0.05, 0.1) is 11.4 Å². The van der Waals surface area contributed by atoms with Crippen LogP contribution in [0.15, 0.2) is 180 Å². The number of hydrogen-bond acceptors (Lipinski definition) is 2. The van der Waals surface area contributed by atoms with Crippen LogP contribution in [0, 0.1) is 0 Å². The number of hydrogen-bond donors (Lipinski definition) is 0. The summed E-state index contributed by atoms with van der Waals surface area (Å²) in [6, 6.07) is 62.0. The highest BCUT2D eigenvalue weighted by atomic mass is 16.3. The lowest BCUT2D eigenvalue weighted by molar-refractivity contribution is 0.670. The normalized spacial score (nSPS) is 11.2. The number of anilines is 3. The summed E-state index contributed by atoms with van der Waals surface area (Å²) in [6.45, 7) is 0. The van der Waals surface area contributed by atoms with Crippen molar-refractivity contribution in [2.24, 2.45) is 0 Å². The lowest BCUT2D eigenvalue weighted by Gasteiger charge is -2.30. The predicted octanol–water partition coefficient (Wildman–Crippen LogP) is 12.1. The first-order valence-corrected chi connectivity index (χ1v) is 14.9. The van der Waals surface area contributed by atoms with Crippen LogP contribution in [0.1, 0.15) is 0 Å². The molecule has 0 fully saturated rings. The molecule has 0 radical (unpaired) electrons. The van der Waals surface area contributed by atoms with Crippen molar-refractivity contribution in [3.8, 4) is 33.4 Å². The second kappa shape index (κ2) is 11.1. The first-order chi connectivity index (χ1) is 21.8. The van der Waals surface area contributed by atoms with Crippen LogP contribution in [0.3, 0.4) is 0 Å². The van der Waals surface area contributed by atoms with Gasteiger partial charge in [-0.2, -0.15) is 0 Å². The van der Waals surface area contributed by atoms with Crippen LogP contribution in [0.25, 0.3) is 55.3 Å². The molecule has 0 aliphatic rings. The second-order valence-electron chi connectivity index (χ2n) is 10.9. The van der Waals surface area contributed by atoms with Gasteiger partial charge in [0.15, 0.2) is 0 Å². The van der Waals surface area contributed by atoms with Crippen molar-refractivity contribution in [3.05, 3.63) is 176 Å². The molecule has 0 aliphatic carbocycles. The van der Waals surface area contributed by atoms with E-state index in [1.807, 2.05) is 6.07 Å². The molecule has 0 amide bonds. The lowest BCUT2D eigenvalue weighted by atomic mass is 9.96. The van der Waals surface area contributed by atoms with Gasteiger partial charge < -0.3 is 9.32 Å². The molecule has 8 rings (SSSR count). The molecule has 0 unspecified atom stereocenters. The number of rotatable bonds is 6. The Bertz CT molecular complexity index is 2200. The summed E-state index contributed by atoms with van der Waals surface area (Å²) in [6.07, 6.45) is 0. The van der Waals surface area contributed by atoms with Crippen molar-refractivity contribution in [3.63, 3.8) is 0 Å². The standard InChI is InChI=1S/C42H29NO/c1-4-14-30(15-5-1)31-24-26-34(27-25-31)43(38-22-12-10-20-35(38)32-16-6-2-7-17-32)39-29-28-37-36-21-11-13-23-40(36)44-42(37)41(39)33-18-8-3-9-19-33/h1-29H. The smallest absolute Gasteiger partial charge is 0.145 e. The van der Waals surface area contributed by atoms with Crippen molar-refractivity contribution in [2.45, 2.75) is 0 Å². The average molecular weight is 564 g/mol. The first kappa shape index (κ1) is 25.8. The van der Waals surface area contributed by atoms with Crippen molar-refractivity contribution >= 4 is 39.0 Å². The Hall–Kier alpha value is -5.86. The highest BCUT2D eigenvalue weighted by Crippen LogP contribution is 2.48. The fraction of sp³-hybridized carbons (Fsp3) is 0. The summed E-state index contributed by atoms with van der Waals surface area (Å²) in [5, 5.41) is 2.23. The third-order valence-electron chi connectivity index (χ3n) is 8.29. The summed E-state index contributed by atoms with van der Waals surface area (Å²) >= 11 is 0. The minimum atomic E-state index is 0.887. The molecule has 0 saturated heterocycles. The summed E-state index contributed by atoms with van der Waals surface area (Å²) in [7, 11) is 0. The molecule has 1 aromatic heterocycles. The Morgan fingerprint density at radius 2 is 0.932 bits per heavy atom. The van der Waals surface area contributed by atoms with E-state index in [1.54, 1.807) is 0 Å². The highest BCUT2D eigenvalue weighted by Gasteiger charge is 2.24. The van der Waals surface area contributed by atoms with E-state index < -0.39 is 0 Å². The van der Waals surface area contributed by atoms with E-state index in [1.165, 1.54) is 16.7 Å². The largest absolute Gasteiger partial charge is 0.455 e. The molecule has 8 aromatic rings. The quantitative estimate of drug-likeness (QED) is 0.200. The minimum absolute atomic E-state index is 0.887. The zero-order chi connectivity index (χ0) is 29.3. The SMILES string of the molecule is c1ccc(-c2ccc(N(c3ccccc3-c3ccccc3)c3ccc4c(oc5ccccc54)c3-c3ccccc3)cc2)cc1. The van der Waals surface area contributed by atoms with Crippen LogP contribution < -0.4 is 4.90 Å². The maximum absolute atomic E-state index is 6.67. The van der Waals surface area contributed by atoms with Gasteiger partial charge in [-0.3, -0.25) is 0 Å². The third-order valence-corrected chi connectivity index (χ3v) is 8.29. The van der Waals surface area contributed by atoms with Gasteiger partial charge in [0, 0.05) is 27.6 Å². The molecule has 2 nitrogen and oxygen atoms in total. The zero-order valence-electron chi connectivity index (χ0n) is 24.1. The van der Waals surface area contributed by atoms with Gasteiger partial charge in [0.1, 0.15) is 11.2 Å². The van der Waals surface area contributed by atoms with Gasteiger partial charge in [0.2, 0.25) is 0 Å². The maximum atomic E-state index is 6.67. The topological polar surface area (TPSA) is 16.4 Å². The van der Waals surface area contributed by atoms with Gasteiger partial charge in [-0.05, 0) is 58.7 Å². The number of furan rings is 1. The molecule has 44 heavy (non-hydrogen) atoms. The lowest BCUT2D eigenvalue weighted by Crippen LogP contribution is -2.12. The molecule has 7 aromatic carbocycles. The summed E-state index contributed by atoms with van der Waals surface area (Å²) in [4.78, 5) is 2.38. The van der Waals surface area contributed by atoms with Gasteiger partial charge in [-0.25, -0.2) is 0 Å². The molecule has 0 N–H and O–H groups in total. The summed E-state index contributed by atoms with van der Waals surface area (Å²) < 4.78 is 6.67. The Morgan fingerprint density at radius 3 is 1.66 bits per heavy atom. The fourth-order valence-electron chi connectivity index (χ4n) is 6.22. The molecule has 2 heteroatoms. The van der Waals surface area contributed by atoms with Gasteiger partial charge in [-0.15, -0.1) is 0 Å². The molecule has 1 heterocycles.